The third kappa shape index (κ3) is 1.64. The summed E-state index contributed by atoms with van der Waals surface area (Å²) in [4.78, 5) is 0. The van der Waals surface area contributed by atoms with Crippen LogP contribution in [0.5, 0.6) is 0 Å². The molecule has 1 aromatic carbocycles. The number of hydrogen-bond donors (Lipinski definition) is 0. The Morgan fingerprint density at radius 2 is 1.55 bits per heavy atom. The normalized spacial score (nSPS) is 10.3. The first-order chi connectivity index (χ1) is 5.04. The molecule has 0 amide bonds. The zero-order chi connectivity index (χ0) is 8.59. The molecule has 0 N–H and O–H groups in total. The molecule has 0 saturated heterocycles. The minimum absolute atomic E-state index is 0.386. The number of benzene rings is 1. The molecule has 1 aromatic rings. The van der Waals surface area contributed by atoms with Crippen molar-refractivity contribution in [3.05, 3.63) is 32.3 Å². The van der Waals surface area contributed by atoms with Gasteiger partial charge in [0, 0.05) is 6.07 Å². The molecule has 0 nitrogen and oxygen atoms in total. The minimum Gasteiger partial charge on any atom is -0.0824 e. The van der Waals surface area contributed by atoms with Gasteiger partial charge in [-0.25, -0.2) is 0 Å². The van der Waals surface area contributed by atoms with Gasteiger partial charge in [0.1, 0.15) is 0 Å². The molecule has 59 valence electrons. The SMILES string of the molecule is Cc1[c]c(Cl)c(Cl)c(Cl)c1C. The Hall–Kier alpha value is 0.0900. The molecule has 1 radical (unpaired) electrons. The van der Waals surface area contributed by atoms with Crippen molar-refractivity contribution in [1.82, 2.24) is 0 Å². The van der Waals surface area contributed by atoms with E-state index in [2.05, 4.69) is 6.07 Å². The molecule has 11 heavy (non-hydrogen) atoms. The maximum Gasteiger partial charge on any atom is 0.0787 e. The van der Waals surface area contributed by atoms with Crippen molar-refractivity contribution in [1.29, 1.82) is 0 Å². The monoisotopic (exact) mass is 207 g/mol. The summed E-state index contributed by atoms with van der Waals surface area (Å²) in [6, 6.07) is 2.90. The summed E-state index contributed by atoms with van der Waals surface area (Å²) in [5.74, 6) is 0. The van der Waals surface area contributed by atoms with Crippen molar-refractivity contribution in [3.63, 3.8) is 0 Å². The zero-order valence-electron chi connectivity index (χ0n) is 6.13. The van der Waals surface area contributed by atoms with E-state index in [1.54, 1.807) is 0 Å². The number of halogens is 3. The van der Waals surface area contributed by atoms with Crippen LogP contribution in [0.2, 0.25) is 15.1 Å². The first-order valence-corrected chi connectivity index (χ1v) is 4.20. The predicted molar refractivity (Wildman–Crippen MR) is 49.8 cm³/mol. The maximum atomic E-state index is 5.85. The van der Waals surface area contributed by atoms with E-state index in [1.807, 2.05) is 13.8 Å². The molecule has 0 heterocycles. The molecular weight excluding hydrogens is 202 g/mol. The second kappa shape index (κ2) is 3.22. The van der Waals surface area contributed by atoms with E-state index in [1.165, 1.54) is 0 Å². The molecule has 0 aliphatic carbocycles. The Morgan fingerprint density at radius 3 is 2.09 bits per heavy atom. The van der Waals surface area contributed by atoms with Crippen LogP contribution in [0, 0.1) is 19.9 Å². The smallest absolute Gasteiger partial charge is 0.0787 e. The topological polar surface area (TPSA) is 0 Å². The Kier molecular flexibility index (Phi) is 2.69. The van der Waals surface area contributed by atoms with Crippen LogP contribution < -0.4 is 0 Å². The van der Waals surface area contributed by atoms with Gasteiger partial charge in [0.2, 0.25) is 0 Å². The van der Waals surface area contributed by atoms with Gasteiger partial charge in [0.25, 0.3) is 0 Å². The minimum atomic E-state index is 0.386. The highest BCUT2D eigenvalue weighted by Gasteiger charge is 2.08. The van der Waals surface area contributed by atoms with Crippen LogP contribution in [0.3, 0.4) is 0 Å². The molecule has 0 atom stereocenters. The molecule has 0 saturated carbocycles. The fourth-order valence-electron chi connectivity index (χ4n) is 0.739. The number of aryl methyl sites for hydroxylation is 1. The summed E-state index contributed by atoms with van der Waals surface area (Å²) in [6.07, 6.45) is 0. The van der Waals surface area contributed by atoms with Crippen molar-refractivity contribution >= 4 is 34.8 Å². The van der Waals surface area contributed by atoms with Crippen molar-refractivity contribution in [2.45, 2.75) is 13.8 Å². The van der Waals surface area contributed by atoms with Crippen LogP contribution in [-0.2, 0) is 0 Å². The average Bonchev–Trinajstić information content (AvgIpc) is 1.97. The summed E-state index contributed by atoms with van der Waals surface area (Å²) < 4.78 is 0. The largest absolute Gasteiger partial charge is 0.0824 e. The van der Waals surface area contributed by atoms with Crippen LogP contribution in [0.1, 0.15) is 11.1 Å². The maximum absolute atomic E-state index is 5.85. The lowest BCUT2D eigenvalue weighted by atomic mass is 10.1. The number of rotatable bonds is 0. The zero-order valence-corrected chi connectivity index (χ0v) is 8.40. The van der Waals surface area contributed by atoms with Crippen LogP contribution in [0.25, 0.3) is 0 Å². The average molecular weight is 208 g/mol. The second-order valence-corrected chi connectivity index (χ2v) is 3.45. The molecule has 0 aromatic heterocycles. The fourth-order valence-corrected chi connectivity index (χ4v) is 1.45. The molecule has 0 unspecified atom stereocenters. The van der Waals surface area contributed by atoms with Crippen molar-refractivity contribution in [3.8, 4) is 0 Å². The lowest BCUT2D eigenvalue weighted by molar-refractivity contribution is 1.33. The number of hydrogen-bond acceptors (Lipinski definition) is 0. The molecule has 0 fully saturated rings. The Morgan fingerprint density at radius 1 is 1.00 bits per heavy atom. The van der Waals surface area contributed by atoms with E-state index in [-0.39, 0.29) is 0 Å². The summed E-state index contributed by atoms with van der Waals surface area (Å²) in [5.41, 5.74) is 1.87. The van der Waals surface area contributed by atoms with Gasteiger partial charge in [-0.05, 0) is 25.0 Å². The van der Waals surface area contributed by atoms with E-state index in [4.69, 9.17) is 34.8 Å². The van der Waals surface area contributed by atoms with E-state index >= 15 is 0 Å². The van der Waals surface area contributed by atoms with Gasteiger partial charge >= 0.3 is 0 Å². The van der Waals surface area contributed by atoms with Crippen LogP contribution in [0.4, 0.5) is 0 Å². The van der Waals surface area contributed by atoms with Gasteiger partial charge in [0.15, 0.2) is 0 Å². The Balaban J connectivity index is 3.46. The fraction of sp³-hybridized carbons (Fsp3) is 0.250. The van der Waals surface area contributed by atoms with Crippen LogP contribution in [-0.4, -0.2) is 0 Å². The molecule has 0 aliphatic heterocycles. The van der Waals surface area contributed by atoms with E-state index in [9.17, 15) is 0 Å². The van der Waals surface area contributed by atoms with Crippen molar-refractivity contribution in [2.24, 2.45) is 0 Å². The van der Waals surface area contributed by atoms with Gasteiger partial charge in [-0.15, -0.1) is 0 Å². The Bertz CT molecular complexity index is 266. The lowest BCUT2D eigenvalue weighted by Crippen LogP contribution is -1.84. The van der Waals surface area contributed by atoms with Gasteiger partial charge in [-0.3, -0.25) is 0 Å². The van der Waals surface area contributed by atoms with Crippen LogP contribution >= 0.6 is 34.8 Å². The highest BCUT2D eigenvalue weighted by Crippen LogP contribution is 2.33. The molecule has 1 rings (SSSR count). The summed E-state index contributed by atoms with van der Waals surface area (Å²) in [5, 5.41) is 1.30. The standard InChI is InChI=1S/C8H6Cl3/c1-4-3-6(9)8(11)7(10)5(4)2/h1-2H3. The third-order valence-electron chi connectivity index (χ3n) is 1.57. The molecule has 0 spiro atoms. The van der Waals surface area contributed by atoms with Gasteiger partial charge in [0.05, 0.1) is 15.1 Å². The van der Waals surface area contributed by atoms with E-state index in [0.29, 0.717) is 15.1 Å². The quantitative estimate of drug-likeness (QED) is 0.564. The Labute approximate surface area is 81.1 Å². The summed E-state index contributed by atoms with van der Waals surface area (Å²) in [7, 11) is 0. The third-order valence-corrected chi connectivity index (χ3v) is 2.90. The van der Waals surface area contributed by atoms with E-state index in [0.717, 1.165) is 11.1 Å². The first kappa shape index (κ1) is 9.18. The van der Waals surface area contributed by atoms with E-state index < -0.39 is 0 Å². The molecule has 0 bridgehead atoms. The highest BCUT2D eigenvalue weighted by molar-refractivity contribution is 6.48. The molecule has 3 heteroatoms. The molecule has 0 aliphatic rings. The summed E-state index contributed by atoms with van der Waals surface area (Å²) >= 11 is 17.3. The lowest BCUT2D eigenvalue weighted by Gasteiger charge is -2.05. The molecular formula is C8H6Cl3. The van der Waals surface area contributed by atoms with Crippen molar-refractivity contribution in [2.75, 3.05) is 0 Å². The highest BCUT2D eigenvalue weighted by atomic mass is 35.5. The van der Waals surface area contributed by atoms with Crippen molar-refractivity contribution < 1.29 is 0 Å². The predicted octanol–water partition coefficient (Wildman–Crippen LogP) is 4.06. The van der Waals surface area contributed by atoms with Gasteiger partial charge in [-0.1, -0.05) is 34.8 Å². The first-order valence-electron chi connectivity index (χ1n) is 3.07. The van der Waals surface area contributed by atoms with Gasteiger partial charge < -0.3 is 0 Å². The summed E-state index contributed by atoms with van der Waals surface area (Å²) in [6.45, 7) is 3.78. The second-order valence-electron chi connectivity index (χ2n) is 2.32. The van der Waals surface area contributed by atoms with Crippen LogP contribution in [0.15, 0.2) is 0 Å². The van der Waals surface area contributed by atoms with Gasteiger partial charge in [-0.2, -0.15) is 0 Å².